The number of pyridine rings is 3. The zero-order valence-corrected chi connectivity index (χ0v) is 16.9. The highest BCUT2D eigenvalue weighted by Gasteiger charge is 2.16. The summed E-state index contributed by atoms with van der Waals surface area (Å²) in [6.45, 7) is 7.18. The molecule has 3 heterocycles. The molecule has 0 atom stereocenters. The van der Waals surface area contributed by atoms with E-state index in [0.717, 1.165) is 22.5 Å². The van der Waals surface area contributed by atoms with Gasteiger partial charge in [0, 0.05) is 37.4 Å². The second-order valence-corrected chi connectivity index (χ2v) is 6.76. The van der Waals surface area contributed by atoms with Gasteiger partial charge in [-0.15, -0.1) is 0 Å². The highest BCUT2D eigenvalue weighted by molar-refractivity contribution is 5.91. The third-order valence-electron chi connectivity index (χ3n) is 4.18. The van der Waals surface area contributed by atoms with Crippen LogP contribution in [0.15, 0.2) is 48.9 Å². The first-order chi connectivity index (χ1) is 14.1. The summed E-state index contributed by atoms with van der Waals surface area (Å²) in [6.07, 6.45) is 6.51. The molecule has 0 aromatic carbocycles. The number of ether oxygens (including phenoxy) is 1. The van der Waals surface area contributed by atoms with Gasteiger partial charge in [0.1, 0.15) is 5.69 Å². The van der Waals surface area contributed by atoms with Crippen molar-refractivity contribution >= 4 is 17.6 Å². The van der Waals surface area contributed by atoms with Crippen molar-refractivity contribution in [3.63, 3.8) is 0 Å². The van der Waals surface area contributed by atoms with E-state index in [9.17, 15) is 0 Å². The van der Waals surface area contributed by atoms with Crippen molar-refractivity contribution in [2.45, 2.75) is 33.4 Å². The van der Waals surface area contributed by atoms with Crippen molar-refractivity contribution in [1.82, 2.24) is 15.0 Å². The van der Waals surface area contributed by atoms with Crippen LogP contribution in [0, 0.1) is 5.41 Å². The molecule has 3 rings (SSSR count). The Bertz CT molecular complexity index is 959. The molecule has 0 radical (unpaired) electrons. The molecule has 0 saturated carbocycles. The normalized spacial score (nSPS) is 10.6. The molecule has 0 amide bonds. The van der Waals surface area contributed by atoms with Gasteiger partial charge in [0.25, 0.3) is 0 Å². The molecule has 29 heavy (non-hydrogen) atoms. The summed E-state index contributed by atoms with van der Waals surface area (Å²) in [5.41, 5.74) is 4.83. The van der Waals surface area contributed by atoms with Crippen molar-refractivity contribution in [1.29, 1.82) is 5.41 Å². The Morgan fingerprint density at radius 2 is 1.97 bits per heavy atom. The maximum Gasteiger partial charge on any atom is 0.222 e. The first-order valence-corrected chi connectivity index (χ1v) is 9.65. The molecule has 7 nitrogen and oxygen atoms in total. The Kier molecular flexibility index (Phi) is 6.73. The Balaban J connectivity index is 2.06. The average Bonchev–Trinajstić information content (AvgIpc) is 2.74. The summed E-state index contributed by atoms with van der Waals surface area (Å²) in [4.78, 5) is 13.1. The fraction of sp³-hybridized carbons (Fsp3) is 0.273. The Morgan fingerprint density at radius 1 is 1.17 bits per heavy atom. The van der Waals surface area contributed by atoms with E-state index in [1.807, 2.05) is 37.3 Å². The van der Waals surface area contributed by atoms with Gasteiger partial charge in [-0.3, -0.25) is 4.98 Å². The summed E-state index contributed by atoms with van der Waals surface area (Å²) in [6, 6.07) is 9.88. The third kappa shape index (κ3) is 5.07. The lowest BCUT2D eigenvalue weighted by molar-refractivity contribution is 0.328. The summed E-state index contributed by atoms with van der Waals surface area (Å²) >= 11 is 0. The molecular weight excluding hydrogens is 364 g/mol. The maximum absolute atomic E-state index is 7.91. The van der Waals surface area contributed by atoms with Gasteiger partial charge >= 0.3 is 0 Å². The predicted molar refractivity (Wildman–Crippen MR) is 117 cm³/mol. The van der Waals surface area contributed by atoms with Gasteiger partial charge in [0.15, 0.2) is 0 Å². The van der Waals surface area contributed by atoms with E-state index in [0.29, 0.717) is 30.4 Å². The van der Waals surface area contributed by atoms with Crippen LogP contribution in [-0.2, 0) is 6.54 Å². The molecule has 0 unspecified atom stereocenters. The van der Waals surface area contributed by atoms with Gasteiger partial charge in [-0.25, -0.2) is 9.97 Å². The number of anilines is 2. The highest BCUT2D eigenvalue weighted by Crippen LogP contribution is 2.34. The molecule has 0 aliphatic heterocycles. The van der Waals surface area contributed by atoms with E-state index in [1.165, 1.54) is 6.21 Å². The zero-order valence-electron chi connectivity index (χ0n) is 16.9. The second kappa shape index (κ2) is 9.64. The topological polar surface area (TPSA) is 95.8 Å². The van der Waals surface area contributed by atoms with Gasteiger partial charge in [-0.2, -0.15) is 0 Å². The Morgan fingerprint density at radius 3 is 2.66 bits per heavy atom. The predicted octanol–water partition coefficient (Wildman–Crippen LogP) is 4.37. The van der Waals surface area contributed by atoms with E-state index in [-0.39, 0.29) is 6.04 Å². The quantitative estimate of drug-likeness (QED) is 0.470. The maximum atomic E-state index is 7.91. The lowest BCUT2D eigenvalue weighted by atomic mass is 10.1. The van der Waals surface area contributed by atoms with Crippen LogP contribution in [0.2, 0.25) is 0 Å². The molecule has 150 valence electrons. The number of rotatable bonds is 9. The van der Waals surface area contributed by atoms with Gasteiger partial charge in [0.2, 0.25) is 5.88 Å². The van der Waals surface area contributed by atoms with Crippen LogP contribution < -0.4 is 15.4 Å². The average molecular weight is 390 g/mol. The first kappa shape index (κ1) is 20.3. The van der Waals surface area contributed by atoms with E-state index < -0.39 is 0 Å². The molecule has 0 aliphatic carbocycles. The number of nitrogens with zero attached hydrogens (tertiary/aromatic N) is 3. The summed E-state index contributed by atoms with van der Waals surface area (Å²) in [5.74, 6) is 0.531. The first-order valence-electron chi connectivity index (χ1n) is 9.65. The van der Waals surface area contributed by atoms with Crippen molar-refractivity contribution in [2.24, 2.45) is 0 Å². The molecule has 3 N–H and O–H groups in total. The molecule has 3 aromatic heterocycles. The van der Waals surface area contributed by atoms with Crippen LogP contribution >= 0.6 is 0 Å². The fourth-order valence-electron chi connectivity index (χ4n) is 2.92. The molecule has 3 aromatic rings. The van der Waals surface area contributed by atoms with Crippen molar-refractivity contribution in [3.8, 4) is 17.1 Å². The third-order valence-corrected chi connectivity index (χ3v) is 4.18. The van der Waals surface area contributed by atoms with Gasteiger partial charge in [-0.1, -0.05) is 0 Å². The molecule has 0 bridgehead atoms. The minimum Gasteiger partial charge on any atom is -0.477 e. The van der Waals surface area contributed by atoms with E-state index in [2.05, 4.69) is 34.4 Å². The van der Waals surface area contributed by atoms with Crippen molar-refractivity contribution in [2.75, 3.05) is 17.2 Å². The number of hydrogen-bond donors (Lipinski definition) is 3. The van der Waals surface area contributed by atoms with Crippen LogP contribution in [0.4, 0.5) is 11.4 Å². The van der Waals surface area contributed by atoms with E-state index in [4.69, 9.17) is 15.1 Å². The molecule has 0 aliphatic rings. The molecule has 0 spiro atoms. The van der Waals surface area contributed by atoms with Crippen LogP contribution in [0.25, 0.3) is 11.3 Å². The molecular formula is C22H26N6O. The Hall–Kier alpha value is -3.48. The lowest BCUT2D eigenvalue weighted by Crippen LogP contribution is -2.15. The van der Waals surface area contributed by atoms with Crippen molar-refractivity contribution < 1.29 is 4.74 Å². The molecule has 0 saturated heterocycles. The number of hydrogen-bond acceptors (Lipinski definition) is 7. The lowest BCUT2D eigenvalue weighted by Gasteiger charge is -2.20. The number of nitrogens with one attached hydrogen (secondary N) is 3. The van der Waals surface area contributed by atoms with Gasteiger partial charge < -0.3 is 20.8 Å². The smallest absolute Gasteiger partial charge is 0.222 e. The SMILES string of the molecule is CCOc1ncccc1-c1cc(NCc2ccncc2)c(NC(C)C)c(C=N)n1. The van der Waals surface area contributed by atoms with Crippen LogP contribution in [0.3, 0.4) is 0 Å². The van der Waals surface area contributed by atoms with Crippen molar-refractivity contribution in [3.05, 3.63) is 60.2 Å². The van der Waals surface area contributed by atoms with Gasteiger partial charge in [0.05, 0.1) is 29.2 Å². The minimum atomic E-state index is 0.195. The fourth-order valence-corrected chi connectivity index (χ4v) is 2.92. The molecule has 0 fully saturated rings. The largest absolute Gasteiger partial charge is 0.477 e. The summed E-state index contributed by atoms with van der Waals surface area (Å²) < 4.78 is 5.68. The molecule has 7 heteroatoms. The standard InChI is InChI=1S/C22H26N6O/c1-4-29-22-17(6-5-9-25-22)18-12-19(26-14-16-7-10-24-11-8-16)21(27-15(2)3)20(13-23)28-18/h5-13,15,23,27H,4,14H2,1-3H3,(H,26,28). The van der Waals surface area contributed by atoms with E-state index >= 15 is 0 Å². The summed E-state index contributed by atoms with van der Waals surface area (Å²) in [5, 5.41) is 14.8. The monoisotopic (exact) mass is 390 g/mol. The van der Waals surface area contributed by atoms with Crippen LogP contribution in [0.1, 0.15) is 32.0 Å². The van der Waals surface area contributed by atoms with Crippen LogP contribution in [-0.4, -0.2) is 33.8 Å². The minimum absolute atomic E-state index is 0.195. The highest BCUT2D eigenvalue weighted by atomic mass is 16.5. The van der Waals surface area contributed by atoms with Gasteiger partial charge in [-0.05, 0) is 56.7 Å². The zero-order chi connectivity index (χ0) is 20.6. The Labute approximate surface area is 171 Å². The van der Waals surface area contributed by atoms with E-state index in [1.54, 1.807) is 18.6 Å². The second-order valence-electron chi connectivity index (χ2n) is 6.76. The number of aromatic nitrogens is 3. The van der Waals surface area contributed by atoms with Crippen LogP contribution in [0.5, 0.6) is 5.88 Å². The summed E-state index contributed by atoms with van der Waals surface area (Å²) in [7, 11) is 0.